The van der Waals surface area contributed by atoms with Crippen LogP contribution in [0.25, 0.3) is 5.65 Å². The first-order valence-corrected chi connectivity index (χ1v) is 7.15. The number of hydrogen-bond donors (Lipinski definition) is 1. The van der Waals surface area contributed by atoms with Crippen molar-refractivity contribution in [1.82, 2.24) is 14.6 Å². The van der Waals surface area contributed by atoms with E-state index in [1.54, 1.807) is 4.52 Å². The number of pyridine rings is 1. The Kier molecular flexibility index (Phi) is 3.21. The van der Waals surface area contributed by atoms with Crippen molar-refractivity contribution in [2.24, 2.45) is 0 Å². The van der Waals surface area contributed by atoms with Gasteiger partial charge in [0, 0.05) is 28.4 Å². The molecule has 3 rings (SSSR count). The first kappa shape index (κ1) is 12.2. The lowest BCUT2D eigenvalue weighted by Gasteiger charge is -2.10. The maximum absolute atomic E-state index is 4.44. The monoisotopic (exact) mass is 272 g/mol. The summed E-state index contributed by atoms with van der Waals surface area (Å²) in [5, 5.41) is 7.75. The van der Waals surface area contributed by atoms with Crippen molar-refractivity contribution < 1.29 is 0 Å². The van der Waals surface area contributed by atoms with Crippen molar-refractivity contribution in [2.45, 2.75) is 26.3 Å². The highest BCUT2D eigenvalue weighted by Gasteiger charge is 2.08. The second kappa shape index (κ2) is 5.01. The average molecular weight is 272 g/mol. The highest BCUT2D eigenvalue weighted by Crippen LogP contribution is 2.17. The molecule has 3 heterocycles. The molecule has 3 aromatic heterocycles. The number of fused-ring (bicyclic) bond motifs is 1. The molecule has 19 heavy (non-hydrogen) atoms. The van der Waals surface area contributed by atoms with E-state index >= 15 is 0 Å². The third-order valence-corrected chi connectivity index (χ3v) is 3.94. The van der Waals surface area contributed by atoms with Gasteiger partial charge < -0.3 is 5.32 Å². The summed E-state index contributed by atoms with van der Waals surface area (Å²) in [7, 11) is 0. The molecule has 1 N–H and O–H groups in total. The predicted octanol–water partition coefficient (Wildman–Crippen LogP) is 3.14. The fourth-order valence-corrected chi connectivity index (χ4v) is 3.08. The average Bonchev–Trinajstić information content (AvgIpc) is 2.94. The Balaban J connectivity index is 1.70. The van der Waals surface area contributed by atoms with E-state index in [1.807, 2.05) is 35.7 Å². The quantitative estimate of drug-likeness (QED) is 0.793. The molecule has 0 amide bonds. The SMILES string of the molecule is Cc1ccc(CC(C)Nc2nc3ccccn3n2)s1. The molecule has 0 bridgehead atoms. The van der Waals surface area contributed by atoms with Gasteiger partial charge in [0.05, 0.1) is 0 Å². The van der Waals surface area contributed by atoms with Crippen molar-refractivity contribution in [3.63, 3.8) is 0 Å². The lowest BCUT2D eigenvalue weighted by molar-refractivity contribution is 0.784. The van der Waals surface area contributed by atoms with Crippen molar-refractivity contribution in [3.05, 3.63) is 46.3 Å². The third kappa shape index (κ3) is 2.76. The van der Waals surface area contributed by atoms with E-state index in [-0.39, 0.29) is 0 Å². The van der Waals surface area contributed by atoms with Crippen molar-refractivity contribution in [3.8, 4) is 0 Å². The molecule has 1 unspecified atom stereocenters. The first-order chi connectivity index (χ1) is 9.20. The van der Waals surface area contributed by atoms with Gasteiger partial charge in [0.15, 0.2) is 5.65 Å². The number of anilines is 1. The molecule has 1 atom stereocenters. The Bertz CT molecular complexity index is 652. The molecule has 0 aromatic carbocycles. The van der Waals surface area contributed by atoms with Crippen LogP contribution >= 0.6 is 11.3 Å². The van der Waals surface area contributed by atoms with E-state index < -0.39 is 0 Å². The van der Waals surface area contributed by atoms with E-state index in [2.05, 4.69) is 41.4 Å². The molecule has 0 aliphatic rings. The highest BCUT2D eigenvalue weighted by molar-refractivity contribution is 7.11. The van der Waals surface area contributed by atoms with E-state index in [9.17, 15) is 0 Å². The molecular formula is C14H16N4S. The molecule has 0 saturated carbocycles. The Labute approximate surface area is 116 Å². The molecule has 0 spiro atoms. The van der Waals surface area contributed by atoms with Crippen LogP contribution in [0.2, 0.25) is 0 Å². The Morgan fingerprint density at radius 1 is 1.32 bits per heavy atom. The number of aromatic nitrogens is 3. The Morgan fingerprint density at radius 3 is 2.95 bits per heavy atom. The minimum atomic E-state index is 0.315. The van der Waals surface area contributed by atoms with Gasteiger partial charge in [0.2, 0.25) is 5.95 Å². The minimum Gasteiger partial charge on any atom is -0.350 e. The standard InChI is InChI=1S/C14H16N4S/c1-10(9-12-7-6-11(2)19-12)15-14-16-13-5-3-4-8-18(13)17-14/h3-8,10H,9H2,1-2H3,(H,15,17). The lowest BCUT2D eigenvalue weighted by Crippen LogP contribution is -2.18. The van der Waals surface area contributed by atoms with Gasteiger partial charge >= 0.3 is 0 Å². The summed E-state index contributed by atoms with van der Waals surface area (Å²) in [4.78, 5) is 7.19. The summed E-state index contributed by atoms with van der Waals surface area (Å²) in [5.74, 6) is 0.687. The molecule has 4 nitrogen and oxygen atoms in total. The van der Waals surface area contributed by atoms with Gasteiger partial charge in [-0.05, 0) is 38.1 Å². The van der Waals surface area contributed by atoms with E-state index in [0.717, 1.165) is 12.1 Å². The fourth-order valence-electron chi connectivity index (χ4n) is 2.06. The zero-order valence-electron chi connectivity index (χ0n) is 11.0. The van der Waals surface area contributed by atoms with Gasteiger partial charge in [-0.25, -0.2) is 4.52 Å². The molecular weight excluding hydrogens is 256 g/mol. The van der Waals surface area contributed by atoms with Gasteiger partial charge in [-0.2, -0.15) is 4.98 Å². The molecule has 0 aliphatic carbocycles. The number of hydrogen-bond acceptors (Lipinski definition) is 4. The van der Waals surface area contributed by atoms with Gasteiger partial charge in [-0.1, -0.05) is 6.07 Å². The maximum atomic E-state index is 4.44. The van der Waals surface area contributed by atoms with Gasteiger partial charge in [-0.3, -0.25) is 0 Å². The van der Waals surface area contributed by atoms with Crippen molar-refractivity contribution in [2.75, 3.05) is 5.32 Å². The summed E-state index contributed by atoms with van der Waals surface area (Å²) in [6.45, 7) is 4.29. The van der Waals surface area contributed by atoms with Crippen LogP contribution in [0.3, 0.4) is 0 Å². The maximum Gasteiger partial charge on any atom is 0.243 e. The number of aryl methyl sites for hydroxylation is 1. The van der Waals surface area contributed by atoms with Crippen LogP contribution in [0.1, 0.15) is 16.7 Å². The van der Waals surface area contributed by atoms with E-state index in [0.29, 0.717) is 12.0 Å². The summed E-state index contributed by atoms with van der Waals surface area (Å²) in [6, 6.07) is 10.5. The lowest BCUT2D eigenvalue weighted by atomic mass is 10.2. The first-order valence-electron chi connectivity index (χ1n) is 6.34. The number of thiophene rings is 1. The van der Waals surface area contributed by atoms with Crippen LogP contribution in [0.15, 0.2) is 36.5 Å². The van der Waals surface area contributed by atoms with Crippen LogP contribution in [0.4, 0.5) is 5.95 Å². The second-order valence-electron chi connectivity index (χ2n) is 4.70. The number of nitrogens with one attached hydrogen (secondary N) is 1. The topological polar surface area (TPSA) is 42.2 Å². The van der Waals surface area contributed by atoms with Crippen LogP contribution in [-0.2, 0) is 6.42 Å². The van der Waals surface area contributed by atoms with Gasteiger partial charge in [0.1, 0.15) is 0 Å². The number of nitrogens with zero attached hydrogens (tertiary/aromatic N) is 3. The second-order valence-corrected chi connectivity index (χ2v) is 6.07. The molecule has 98 valence electrons. The Hall–Kier alpha value is -1.88. The van der Waals surface area contributed by atoms with Crippen LogP contribution in [0, 0.1) is 6.92 Å². The highest BCUT2D eigenvalue weighted by atomic mass is 32.1. The summed E-state index contributed by atoms with van der Waals surface area (Å²) < 4.78 is 1.78. The zero-order valence-corrected chi connectivity index (χ0v) is 11.8. The summed E-state index contributed by atoms with van der Waals surface area (Å²) >= 11 is 1.85. The smallest absolute Gasteiger partial charge is 0.243 e. The molecule has 0 aliphatic heterocycles. The van der Waals surface area contributed by atoms with Crippen molar-refractivity contribution >= 4 is 22.9 Å². The zero-order chi connectivity index (χ0) is 13.2. The summed E-state index contributed by atoms with van der Waals surface area (Å²) in [5.41, 5.74) is 0.865. The van der Waals surface area contributed by atoms with Crippen LogP contribution < -0.4 is 5.32 Å². The normalized spacial score (nSPS) is 12.7. The largest absolute Gasteiger partial charge is 0.350 e. The molecule has 0 saturated heterocycles. The molecule has 0 radical (unpaired) electrons. The molecule has 3 aromatic rings. The Morgan fingerprint density at radius 2 is 2.21 bits per heavy atom. The summed E-state index contributed by atoms with van der Waals surface area (Å²) in [6.07, 6.45) is 2.90. The van der Waals surface area contributed by atoms with E-state index in [1.165, 1.54) is 9.75 Å². The third-order valence-electron chi connectivity index (χ3n) is 2.92. The van der Waals surface area contributed by atoms with Crippen LogP contribution in [0.5, 0.6) is 0 Å². The molecule has 0 fully saturated rings. The number of rotatable bonds is 4. The fraction of sp³-hybridized carbons (Fsp3) is 0.286. The van der Waals surface area contributed by atoms with Crippen molar-refractivity contribution in [1.29, 1.82) is 0 Å². The van der Waals surface area contributed by atoms with Crippen LogP contribution in [-0.4, -0.2) is 20.6 Å². The van der Waals surface area contributed by atoms with E-state index in [4.69, 9.17) is 0 Å². The van der Waals surface area contributed by atoms with Gasteiger partial charge in [-0.15, -0.1) is 16.4 Å². The van der Waals surface area contributed by atoms with Gasteiger partial charge in [0.25, 0.3) is 0 Å². The predicted molar refractivity (Wildman–Crippen MR) is 78.8 cm³/mol. The molecule has 5 heteroatoms. The minimum absolute atomic E-state index is 0.315.